The second-order valence-corrected chi connectivity index (χ2v) is 7.37. The van der Waals surface area contributed by atoms with Crippen LogP contribution in [0.3, 0.4) is 0 Å². The Hall–Kier alpha value is -3.67. The molecule has 1 amide bonds. The summed E-state index contributed by atoms with van der Waals surface area (Å²) in [5.41, 5.74) is 1.59. The first-order valence-electron chi connectivity index (χ1n) is 10.5. The molecule has 158 valence electrons. The van der Waals surface area contributed by atoms with Crippen molar-refractivity contribution >= 4 is 16.7 Å². The third kappa shape index (κ3) is 5.28. The van der Waals surface area contributed by atoms with Crippen LogP contribution in [0.4, 0.5) is 0 Å². The largest absolute Gasteiger partial charge is 0.497 e. The van der Waals surface area contributed by atoms with Crippen molar-refractivity contribution < 1.29 is 14.1 Å². The maximum absolute atomic E-state index is 12.4. The fraction of sp³-hybridized carbons (Fsp3) is 0.240. The Labute approximate surface area is 181 Å². The van der Waals surface area contributed by atoms with E-state index in [9.17, 15) is 4.79 Å². The Morgan fingerprint density at radius 3 is 2.58 bits per heavy atom. The fourth-order valence-corrected chi connectivity index (χ4v) is 3.43. The minimum Gasteiger partial charge on any atom is -0.497 e. The maximum Gasteiger partial charge on any atom is 0.251 e. The van der Waals surface area contributed by atoms with Gasteiger partial charge >= 0.3 is 0 Å². The average molecular weight is 415 g/mol. The van der Waals surface area contributed by atoms with Crippen LogP contribution in [0.2, 0.25) is 0 Å². The highest BCUT2D eigenvalue weighted by atomic mass is 16.5. The summed E-state index contributed by atoms with van der Waals surface area (Å²) in [5.74, 6) is 1.97. The molecule has 0 spiro atoms. The molecular weight excluding hydrogens is 390 g/mol. The molecule has 0 saturated carbocycles. The number of carbonyl (C=O) groups excluding carboxylic acids is 1. The molecule has 0 unspecified atom stereocenters. The maximum atomic E-state index is 12.4. The lowest BCUT2D eigenvalue weighted by atomic mass is 10.1. The highest BCUT2D eigenvalue weighted by molar-refractivity contribution is 5.98. The second-order valence-electron chi connectivity index (χ2n) is 7.37. The van der Waals surface area contributed by atoms with Crippen molar-refractivity contribution in [1.29, 1.82) is 0 Å². The number of nitrogens with zero attached hydrogens (tertiary/aromatic N) is 2. The molecule has 31 heavy (non-hydrogen) atoms. The lowest BCUT2D eigenvalue weighted by Crippen LogP contribution is -2.24. The number of rotatable bonds is 9. The standard InChI is InChI=1S/C25H25N3O3/c1-30-22-14-12-19(13-15-22)24-27-23(31-28-24)9-3-2-6-16-26-25(29)21-11-10-18-7-4-5-8-20(18)17-21/h4-5,7-8,10-15,17H,2-3,6,9,16H2,1H3,(H,26,29). The molecule has 0 aliphatic carbocycles. The first-order chi connectivity index (χ1) is 15.2. The predicted octanol–water partition coefficient (Wildman–Crippen LogP) is 5.04. The Kier molecular flexibility index (Phi) is 6.57. The Morgan fingerprint density at radius 1 is 0.968 bits per heavy atom. The van der Waals surface area contributed by atoms with Crippen LogP contribution in [0, 0.1) is 0 Å². The van der Waals surface area contributed by atoms with Crippen LogP contribution >= 0.6 is 0 Å². The number of unbranched alkanes of at least 4 members (excludes halogenated alkanes) is 2. The van der Waals surface area contributed by atoms with E-state index in [4.69, 9.17) is 9.26 Å². The first-order valence-corrected chi connectivity index (χ1v) is 10.5. The molecule has 1 aromatic heterocycles. The van der Waals surface area contributed by atoms with Crippen LogP contribution in [0.25, 0.3) is 22.2 Å². The second kappa shape index (κ2) is 9.89. The third-order valence-corrected chi connectivity index (χ3v) is 5.18. The number of hydrogen-bond donors (Lipinski definition) is 1. The lowest BCUT2D eigenvalue weighted by Gasteiger charge is -2.06. The van der Waals surface area contributed by atoms with Crippen molar-refractivity contribution in [2.45, 2.75) is 25.7 Å². The molecule has 0 aliphatic rings. The number of benzene rings is 3. The van der Waals surface area contributed by atoms with Gasteiger partial charge in [-0.1, -0.05) is 41.9 Å². The van der Waals surface area contributed by atoms with E-state index in [-0.39, 0.29) is 5.91 Å². The van der Waals surface area contributed by atoms with Crippen LogP contribution in [-0.2, 0) is 6.42 Å². The fourth-order valence-electron chi connectivity index (χ4n) is 3.43. The number of nitrogens with one attached hydrogen (secondary N) is 1. The van der Waals surface area contributed by atoms with Crippen molar-refractivity contribution in [1.82, 2.24) is 15.5 Å². The molecule has 1 heterocycles. The van der Waals surface area contributed by atoms with Gasteiger partial charge in [-0.3, -0.25) is 4.79 Å². The molecule has 0 aliphatic heterocycles. The van der Waals surface area contributed by atoms with Gasteiger partial charge in [-0.25, -0.2) is 0 Å². The summed E-state index contributed by atoms with van der Waals surface area (Å²) in [6.45, 7) is 0.645. The Bertz CT molecular complexity index is 1150. The monoisotopic (exact) mass is 415 g/mol. The molecule has 0 bridgehead atoms. The number of amides is 1. The molecule has 4 rings (SSSR count). The normalized spacial score (nSPS) is 10.9. The molecule has 4 aromatic rings. The van der Waals surface area contributed by atoms with Gasteiger partial charge in [-0.05, 0) is 60.0 Å². The average Bonchev–Trinajstić information content (AvgIpc) is 3.30. The highest BCUT2D eigenvalue weighted by Crippen LogP contribution is 2.20. The molecule has 0 saturated heterocycles. The van der Waals surface area contributed by atoms with Crippen LogP contribution in [0.5, 0.6) is 5.75 Å². The van der Waals surface area contributed by atoms with Gasteiger partial charge in [0, 0.05) is 24.1 Å². The number of aryl methyl sites for hydroxylation is 1. The molecule has 6 heteroatoms. The van der Waals surface area contributed by atoms with Crippen molar-refractivity contribution in [3.8, 4) is 17.1 Å². The molecule has 0 fully saturated rings. The number of fused-ring (bicyclic) bond motifs is 1. The zero-order valence-electron chi connectivity index (χ0n) is 17.5. The van der Waals surface area contributed by atoms with Gasteiger partial charge in [0.1, 0.15) is 5.75 Å². The molecule has 3 aromatic carbocycles. The number of methoxy groups -OCH3 is 1. The number of carbonyl (C=O) groups is 1. The van der Waals surface area contributed by atoms with E-state index in [0.717, 1.165) is 47.8 Å². The molecule has 1 N–H and O–H groups in total. The number of hydrogen-bond acceptors (Lipinski definition) is 5. The van der Waals surface area contributed by atoms with Crippen molar-refractivity contribution in [2.24, 2.45) is 0 Å². The van der Waals surface area contributed by atoms with Crippen molar-refractivity contribution in [3.05, 3.63) is 78.2 Å². The topological polar surface area (TPSA) is 77.3 Å². The van der Waals surface area contributed by atoms with E-state index in [1.165, 1.54) is 0 Å². The molecule has 0 atom stereocenters. The van der Waals surface area contributed by atoms with Gasteiger partial charge in [0.2, 0.25) is 11.7 Å². The number of ether oxygens (including phenoxy) is 1. The van der Waals surface area contributed by atoms with Gasteiger partial charge in [0.25, 0.3) is 5.91 Å². The summed E-state index contributed by atoms with van der Waals surface area (Å²) >= 11 is 0. The van der Waals surface area contributed by atoms with Crippen LogP contribution < -0.4 is 10.1 Å². The highest BCUT2D eigenvalue weighted by Gasteiger charge is 2.09. The quantitative estimate of drug-likeness (QED) is 0.388. The minimum atomic E-state index is -0.0354. The summed E-state index contributed by atoms with van der Waals surface area (Å²) in [6.07, 6.45) is 3.52. The Morgan fingerprint density at radius 2 is 1.77 bits per heavy atom. The van der Waals surface area contributed by atoms with E-state index in [1.54, 1.807) is 7.11 Å². The van der Waals surface area contributed by atoms with Gasteiger partial charge in [-0.15, -0.1) is 0 Å². The summed E-state index contributed by atoms with van der Waals surface area (Å²) in [5, 5.41) is 9.26. The van der Waals surface area contributed by atoms with E-state index >= 15 is 0 Å². The first kappa shape index (κ1) is 20.6. The lowest BCUT2D eigenvalue weighted by molar-refractivity contribution is 0.0953. The van der Waals surface area contributed by atoms with Crippen molar-refractivity contribution in [3.63, 3.8) is 0 Å². The van der Waals surface area contributed by atoms with Crippen LogP contribution in [0.15, 0.2) is 71.3 Å². The van der Waals surface area contributed by atoms with Gasteiger partial charge in [0.15, 0.2) is 0 Å². The summed E-state index contributed by atoms with van der Waals surface area (Å²) < 4.78 is 10.5. The van der Waals surface area contributed by atoms with E-state index in [2.05, 4.69) is 15.5 Å². The number of aromatic nitrogens is 2. The van der Waals surface area contributed by atoms with Gasteiger partial charge < -0.3 is 14.6 Å². The van der Waals surface area contributed by atoms with E-state index < -0.39 is 0 Å². The van der Waals surface area contributed by atoms with E-state index in [1.807, 2.05) is 66.7 Å². The summed E-state index contributed by atoms with van der Waals surface area (Å²) in [7, 11) is 1.64. The van der Waals surface area contributed by atoms with Gasteiger partial charge in [0.05, 0.1) is 7.11 Å². The SMILES string of the molecule is COc1ccc(-c2noc(CCCCCNC(=O)c3ccc4ccccc4c3)n2)cc1. The van der Waals surface area contributed by atoms with Crippen molar-refractivity contribution in [2.75, 3.05) is 13.7 Å². The minimum absolute atomic E-state index is 0.0354. The Balaban J connectivity index is 1.18. The molecular formula is C25H25N3O3. The van der Waals surface area contributed by atoms with Crippen LogP contribution in [-0.4, -0.2) is 29.7 Å². The zero-order chi connectivity index (χ0) is 21.5. The smallest absolute Gasteiger partial charge is 0.251 e. The summed E-state index contributed by atoms with van der Waals surface area (Å²) in [4.78, 5) is 16.8. The van der Waals surface area contributed by atoms with Gasteiger partial charge in [-0.2, -0.15) is 4.98 Å². The summed E-state index contributed by atoms with van der Waals surface area (Å²) in [6, 6.07) is 21.4. The zero-order valence-corrected chi connectivity index (χ0v) is 17.5. The van der Waals surface area contributed by atoms with E-state index in [0.29, 0.717) is 23.8 Å². The predicted molar refractivity (Wildman–Crippen MR) is 120 cm³/mol. The molecule has 6 nitrogen and oxygen atoms in total. The third-order valence-electron chi connectivity index (χ3n) is 5.18. The molecule has 0 radical (unpaired) electrons. The van der Waals surface area contributed by atoms with Crippen LogP contribution in [0.1, 0.15) is 35.5 Å².